The van der Waals surface area contributed by atoms with Crippen molar-refractivity contribution in [1.82, 2.24) is 9.88 Å². The van der Waals surface area contributed by atoms with Crippen LogP contribution in [-0.4, -0.2) is 47.7 Å². The van der Waals surface area contributed by atoms with E-state index in [1.807, 2.05) is 17.0 Å². The van der Waals surface area contributed by atoms with Crippen LogP contribution in [0, 0.1) is 5.92 Å². The van der Waals surface area contributed by atoms with Gasteiger partial charge in [0, 0.05) is 31.2 Å². The first-order valence-electron chi connectivity index (χ1n) is 10.3. The molecule has 2 aliphatic heterocycles. The van der Waals surface area contributed by atoms with Crippen molar-refractivity contribution in [3.63, 3.8) is 0 Å². The lowest BCUT2D eigenvalue weighted by atomic mass is 9.79. The molecule has 0 N–H and O–H groups in total. The topological polar surface area (TPSA) is 51.7 Å². The largest absolute Gasteiger partial charge is 0.377 e. The van der Waals surface area contributed by atoms with Gasteiger partial charge in [-0.05, 0) is 68.6 Å². The van der Waals surface area contributed by atoms with Crippen LogP contribution in [0.3, 0.4) is 0 Å². The Bertz CT molecular complexity index is 667. The third kappa shape index (κ3) is 4.58. The molecule has 4 rings (SSSR count). The summed E-state index contributed by atoms with van der Waals surface area (Å²) in [7, 11) is 0. The Morgan fingerprint density at radius 1 is 1.30 bits per heavy atom. The average Bonchev–Trinajstić information content (AvgIpc) is 2.70. The van der Waals surface area contributed by atoms with Gasteiger partial charge in [0.05, 0.1) is 19.7 Å². The van der Waals surface area contributed by atoms with Crippen LogP contribution in [-0.2, 0) is 20.9 Å². The van der Waals surface area contributed by atoms with Gasteiger partial charge in [-0.15, -0.1) is 0 Å². The normalized spacial score (nSPS) is 24.4. The number of carbonyl (C=O) groups is 1. The first-order valence-corrected chi connectivity index (χ1v) is 10.3. The SMILES string of the molecule is O=C(C1=CCCCC1)N1CC2(CC(CCOCc3ccncc3)CCO2)C1. The minimum absolute atomic E-state index is 0.0983. The predicted molar refractivity (Wildman–Crippen MR) is 103 cm³/mol. The highest BCUT2D eigenvalue weighted by Crippen LogP contribution is 2.39. The number of aromatic nitrogens is 1. The van der Waals surface area contributed by atoms with Crippen LogP contribution in [0.25, 0.3) is 0 Å². The zero-order chi connectivity index (χ0) is 18.5. The molecule has 2 saturated heterocycles. The molecule has 146 valence electrons. The van der Waals surface area contributed by atoms with Crippen LogP contribution in [0.4, 0.5) is 0 Å². The van der Waals surface area contributed by atoms with Crippen molar-refractivity contribution in [1.29, 1.82) is 0 Å². The van der Waals surface area contributed by atoms with Gasteiger partial charge in [-0.25, -0.2) is 0 Å². The molecular formula is C22H30N2O3. The lowest BCUT2D eigenvalue weighted by molar-refractivity contribution is -0.187. The Kier molecular flexibility index (Phi) is 5.89. The van der Waals surface area contributed by atoms with Crippen LogP contribution >= 0.6 is 0 Å². The van der Waals surface area contributed by atoms with E-state index in [0.29, 0.717) is 12.5 Å². The predicted octanol–water partition coefficient (Wildman–Crippen LogP) is 3.50. The van der Waals surface area contributed by atoms with Gasteiger partial charge < -0.3 is 14.4 Å². The van der Waals surface area contributed by atoms with Gasteiger partial charge in [-0.2, -0.15) is 0 Å². The summed E-state index contributed by atoms with van der Waals surface area (Å²) in [6, 6.07) is 3.98. The monoisotopic (exact) mass is 370 g/mol. The molecule has 1 spiro atoms. The van der Waals surface area contributed by atoms with E-state index in [-0.39, 0.29) is 11.5 Å². The van der Waals surface area contributed by atoms with E-state index in [9.17, 15) is 4.79 Å². The Hall–Kier alpha value is -1.72. The second-order valence-electron chi connectivity index (χ2n) is 8.22. The number of carbonyl (C=O) groups excluding carboxylic acids is 1. The molecule has 1 amide bonds. The Morgan fingerprint density at radius 3 is 2.93 bits per heavy atom. The molecule has 0 aromatic carbocycles. The molecule has 5 nitrogen and oxygen atoms in total. The molecule has 1 atom stereocenters. The van der Waals surface area contributed by atoms with E-state index in [2.05, 4.69) is 11.1 Å². The number of likely N-dealkylation sites (tertiary alicyclic amines) is 1. The molecule has 3 aliphatic rings. The van der Waals surface area contributed by atoms with Crippen molar-refractivity contribution in [3.05, 3.63) is 41.7 Å². The molecule has 1 aromatic rings. The third-order valence-electron chi connectivity index (χ3n) is 6.09. The molecule has 0 saturated carbocycles. The number of ether oxygens (including phenoxy) is 2. The van der Waals surface area contributed by atoms with Gasteiger partial charge >= 0.3 is 0 Å². The summed E-state index contributed by atoms with van der Waals surface area (Å²) in [6.45, 7) is 3.75. The maximum absolute atomic E-state index is 12.6. The van der Waals surface area contributed by atoms with Crippen LogP contribution in [0.2, 0.25) is 0 Å². The van der Waals surface area contributed by atoms with Gasteiger partial charge in [0.25, 0.3) is 0 Å². The number of nitrogens with zero attached hydrogens (tertiary/aromatic N) is 2. The number of rotatable bonds is 6. The highest BCUT2D eigenvalue weighted by molar-refractivity contribution is 5.94. The van der Waals surface area contributed by atoms with E-state index < -0.39 is 0 Å². The Balaban J connectivity index is 1.20. The van der Waals surface area contributed by atoms with Crippen LogP contribution in [0.15, 0.2) is 36.2 Å². The molecule has 27 heavy (non-hydrogen) atoms. The summed E-state index contributed by atoms with van der Waals surface area (Å²) in [5.41, 5.74) is 2.09. The molecular weight excluding hydrogens is 340 g/mol. The summed E-state index contributed by atoms with van der Waals surface area (Å²) in [6.07, 6.45) is 13.3. The fourth-order valence-electron chi connectivity index (χ4n) is 4.54. The van der Waals surface area contributed by atoms with Gasteiger partial charge in [0.15, 0.2) is 0 Å². The number of pyridine rings is 1. The van der Waals surface area contributed by atoms with Crippen molar-refractivity contribution in [2.24, 2.45) is 5.92 Å². The zero-order valence-corrected chi connectivity index (χ0v) is 16.1. The Morgan fingerprint density at radius 2 is 2.15 bits per heavy atom. The standard InChI is InChI=1S/C22H30N2O3/c25-21(20-4-2-1-3-5-20)24-16-22(17-24)14-18(9-13-27-22)8-12-26-15-19-6-10-23-11-7-19/h4,6-7,10-11,18H,1-3,5,8-9,12-17H2. The smallest absolute Gasteiger partial charge is 0.249 e. The summed E-state index contributed by atoms with van der Waals surface area (Å²) in [4.78, 5) is 18.6. The van der Waals surface area contributed by atoms with Crippen molar-refractivity contribution < 1.29 is 14.3 Å². The minimum atomic E-state index is -0.0983. The molecule has 0 bridgehead atoms. The molecule has 1 unspecified atom stereocenters. The van der Waals surface area contributed by atoms with Crippen LogP contribution < -0.4 is 0 Å². The molecule has 1 aromatic heterocycles. The quantitative estimate of drug-likeness (QED) is 0.719. The number of amides is 1. The highest BCUT2D eigenvalue weighted by atomic mass is 16.5. The van der Waals surface area contributed by atoms with E-state index in [1.54, 1.807) is 12.4 Å². The number of hydrogen-bond acceptors (Lipinski definition) is 4. The average molecular weight is 370 g/mol. The summed E-state index contributed by atoms with van der Waals surface area (Å²) in [5.74, 6) is 0.870. The third-order valence-corrected chi connectivity index (χ3v) is 6.09. The van der Waals surface area contributed by atoms with Gasteiger partial charge in [-0.3, -0.25) is 9.78 Å². The first kappa shape index (κ1) is 18.6. The van der Waals surface area contributed by atoms with Gasteiger partial charge in [-0.1, -0.05) is 6.08 Å². The minimum Gasteiger partial charge on any atom is -0.377 e. The van der Waals surface area contributed by atoms with E-state index in [1.165, 1.54) is 12.0 Å². The molecule has 3 heterocycles. The van der Waals surface area contributed by atoms with Crippen LogP contribution in [0.5, 0.6) is 0 Å². The van der Waals surface area contributed by atoms with Gasteiger partial charge in [0.2, 0.25) is 5.91 Å². The maximum Gasteiger partial charge on any atom is 0.249 e. The van der Waals surface area contributed by atoms with Crippen molar-refractivity contribution in [3.8, 4) is 0 Å². The zero-order valence-electron chi connectivity index (χ0n) is 16.1. The maximum atomic E-state index is 12.6. The fourth-order valence-corrected chi connectivity index (χ4v) is 4.54. The molecule has 1 aliphatic carbocycles. The van der Waals surface area contributed by atoms with Crippen LogP contribution in [0.1, 0.15) is 50.5 Å². The fraction of sp³-hybridized carbons (Fsp3) is 0.636. The number of hydrogen-bond donors (Lipinski definition) is 0. The molecule has 0 radical (unpaired) electrons. The molecule has 2 fully saturated rings. The molecule has 5 heteroatoms. The van der Waals surface area contributed by atoms with Crippen molar-refractivity contribution in [2.45, 2.75) is 57.2 Å². The van der Waals surface area contributed by atoms with E-state index in [4.69, 9.17) is 9.47 Å². The van der Waals surface area contributed by atoms with Crippen molar-refractivity contribution in [2.75, 3.05) is 26.3 Å². The van der Waals surface area contributed by atoms with E-state index in [0.717, 1.165) is 70.4 Å². The Labute approximate surface area is 161 Å². The lowest BCUT2D eigenvalue weighted by Gasteiger charge is -2.53. The first-order chi connectivity index (χ1) is 13.2. The second-order valence-corrected chi connectivity index (χ2v) is 8.22. The summed E-state index contributed by atoms with van der Waals surface area (Å²) >= 11 is 0. The summed E-state index contributed by atoms with van der Waals surface area (Å²) < 4.78 is 12.0. The van der Waals surface area contributed by atoms with Gasteiger partial charge in [0.1, 0.15) is 5.60 Å². The van der Waals surface area contributed by atoms with Crippen molar-refractivity contribution >= 4 is 5.91 Å². The lowest BCUT2D eigenvalue weighted by Crippen LogP contribution is -2.66. The number of allylic oxidation sites excluding steroid dienone is 1. The van der Waals surface area contributed by atoms with E-state index >= 15 is 0 Å². The highest BCUT2D eigenvalue weighted by Gasteiger charge is 2.49. The summed E-state index contributed by atoms with van der Waals surface area (Å²) in [5, 5.41) is 0. The second kappa shape index (κ2) is 8.53.